The SMILES string of the molecule is CC1(C)O[C@@H]2[C@@H](O1)[C@H](C(=O)Nc1ccc(F)c(F)c1)O[C@H]1OC(C)(C)O[C@@H]12. The number of hydrogen-bond donors (Lipinski definition) is 1. The van der Waals surface area contributed by atoms with E-state index in [1.165, 1.54) is 6.07 Å². The molecule has 1 aromatic rings. The molecule has 0 aromatic heterocycles. The molecule has 0 radical (unpaired) electrons. The van der Waals surface area contributed by atoms with Gasteiger partial charge in [0.2, 0.25) is 0 Å². The van der Waals surface area contributed by atoms with Crippen molar-refractivity contribution < 1.29 is 37.3 Å². The van der Waals surface area contributed by atoms with Crippen LogP contribution in [0.15, 0.2) is 18.2 Å². The zero-order valence-electron chi connectivity index (χ0n) is 15.3. The van der Waals surface area contributed by atoms with E-state index in [2.05, 4.69) is 5.32 Å². The van der Waals surface area contributed by atoms with Crippen molar-refractivity contribution >= 4 is 11.6 Å². The first-order valence-electron chi connectivity index (χ1n) is 8.67. The lowest BCUT2D eigenvalue weighted by Crippen LogP contribution is -2.58. The van der Waals surface area contributed by atoms with E-state index >= 15 is 0 Å². The number of halogens is 2. The van der Waals surface area contributed by atoms with Crippen LogP contribution in [0, 0.1) is 11.6 Å². The number of fused-ring (bicyclic) bond motifs is 3. The first kappa shape index (κ1) is 18.7. The predicted molar refractivity (Wildman–Crippen MR) is 87.5 cm³/mol. The zero-order chi connectivity index (χ0) is 19.6. The molecule has 0 unspecified atom stereocenters. The quantitative estimate of drug-likeness (QED) is 0.842. The Kier molecular flexibility index (Phi) is 4.28. The van der Waals surface area contributed by atoms with Crippen LogP contribution in [0.3, 0.4) is 0 Å². The maximum atomic E-state index is 13.4. The van der Waals surface area contributed by atoms with Gasteiger partial charge in [0.05, 0.1) is 0 Å². The smallest absolute Gasteiger partial charge is 0.256 e. The van der Waals surface area contributed by atoms with Gasteiger partial charge in [-0.15, -0.1) is 0 Å². The summed E-state index contributed by atoms with van der Waals surface area (Å²) in [5.41, 5.74) is 0.100. The Labute approximate surface area is 154 Å². The van der Waals surface area contributed by atoms with E-state index in [-0.39, 0.29) is 5.69 Å². The number of nitrogens with one attached hydrogen (secondary N) is 1. The molecule has 1 N–H and O–H groups in total. The Hall–Kier alpha value is -1.65. The molecule has 3 aliphatic rings. The number of ether oxygens (including phenoxy) is 5. The topological polar surface area (TPSA) is 75.3 Å². The largest absolute Gasteiger partial charge is 0.342 e. The Balaban J connectivity index is 1.57. The summed E-state index contributed by atoms with van der Waals surface area (Å²) in [5, 5.41) is 2.52. The van der Waals surface area contributed by atoms with Crippen LogP contribution in [0.2, 0.25) is 0 Å². The van der Waals surface area contributed by atoms with Gasteiger partial charge in [-0.05, 0) is 39.8 Å². The van der Waals surface area contributed by atoms with E-state index in [0.717, 1.165) is 12.1 Å². The van der Waals surface area contributed by atoms with Gasteiger partial charge in [0.25, 0.3) is 5.91 Å². The van der Waals surface area contributed by atoms with Crippen LogP contribution in [0.4, 0.5) is 14.5 Å². The van der Waals surface area contributed by atoms with E-state index in [4.69, 9.17) is 23.7 Å². The van der Waals surface area contributed by atoms with Crippen LogP contribution in [-0.2, 0) is 28.5 Å². The molecule has 3 aliphatic heterocycles. The summed E-state index contributed by atoms with van der Waals surface area (Å²) in [5.74, 6) is -4.49. The molecule has 9 heteroatoms. The normalized spacial score (nSPS) is 36.1. The summed E-state index contributed by atoms with van der Waals surface area (Å²) in [7, 11) is 0. The molecule has 7 nitrogen and oxygen atoms in total. The van der Waals surface area contributed by atoms with Gasteiger partial charge in [-0.2, -0.15) is 0 Å². The van der Waals surface area contributed by atoms with E-state index in [0.29, 0.717) is 0 Å². The molecule has 148 valence electrons. The monoisotopic (exact) mass is 385 g/mol. The second-order valence-corrected chi connectivity index (χ2v) is 7.71. The van der Waals surface area contributed by atoms with Crippen molar-refractivity contribution in [3.8, 4) is 0 Å². The van der Waals surface area contributed by atoms with Gasteiger partial charge >= 0.3 is 0 Å². The number of hydrogen-bond acceptors (Lipinski definition) is 6. The van der Waals surface area contributed by atoms with E-state index < -0.39 is 59.8 Å². The third-order valence-electron chi connectivity index (χ3n) is 4.60. The van der Waals surface area contributed by atoms with Crippen molar-refractivity contribution in [2.45, 2.75) is 70.0 Å². The minimum absolute atomic E-state index is 0.100. The molecule has 0 bridgehead atoms. The molecule has 5 atom stereocenters. The zero-order valence-corrected chi connectivity index (χ0v) is 15.3. The van der Waals surface area contributed by atoms with Gasteiger partial charge in [-0.25, -0.2) is 8.78 Å². The van der Waals surface area contributed by atoms with Crippen LogP contribution in [-0.4, -0.2) is 48.2 Å². The van der Waals surface area contributed by atoms with Crippen molar-refractivity contribution in [1.82, 2.24) is 0 Å². The Morgan fingerprint density at radius 1 is 0.926 bits per heavy atom. The summed E-state index contributed by atoms with van der Waals surface area (Å²) >= 11 is 0. The van der Waals surface area contributed by atoms with Crippen LogP contribution in [0.1, 0.15) is 27.7 Å². The Bertz CT molecular complexity index is 770. The summed E-state index contributed by atoms with van der Waals surface area (Å²) in [6.07, 6.45) is -3.78. The van der Waals surface area contributed by atoms with Gasteiger partial charge in [0.15, 0.2) is 35.6 Å². The number of benzene rings is 1. The second-order valence-electron chi connectivity index (χ2n) is 7.71. The lowest BCUT2D eigenvalue weighted by atomic mass is 9.98. The molecule has 0 saturated carbocycles. The van der Waals surface area contributed by atoms with E-state index in [1.807, 2.05) is 0 Å². The highest BCUT2D eigenvalue weighted by Gasteiger charge is 2.62. The van der Waals surface area contributed by atoms with Crippen LogP contribution in [0.5, 0.6) is 0 Å². The van der Waals surface area contributed by atoms with Crippen molar-refractivity contribution in [1.29, 1.82) is 0 Å². The van der Waals surface area contributed by atoms with Crippen LogP contribution < -0.4 is 5.32 Å². The number of amides is 1. The number of anilines is 1. The molecular weight excluding hydrogens is 364 g/mol. The van der Waals surface area contributed by atoms with Crippen molar-refractivity contribution in [3.63, 3.8) is 0 Å². The lowest BCUT2D eigenvalue weighted by Gasteiger charge is -2.36. The van der Waals surface area contributed by atoms with Gasteiger partial charge < -0.3 is 29.0 Å². The molecular formula is C18H21F2NO6. The fraction of sp³-hybridized carbons (Fsp3) is 0.611. The number of carbonyl (C=O) groups excluding carboxylic acids is 1. The minimum atomic E-state index is -1.08. The standard InChI is InChI=1S/C18H21F2NO6/c1-17(2)24-11-12(25-17)14-16(27-18(3,4)26-14)23-13(11)15(22)21-8-5-6-9(19)10(20)7-8/h5-7,11-14,16H,1-4H3,(H,21,22)/t11-,12-,13-,14-,16+/m1/s1. The third-order valence-corrected chi connectivity index (χ3v) is 4.60. The molecule has 1 amide bonds. The molecule has 3 fully saturated rings. The third kappa shape index (κ3) is 3.45. The predicted octanol–water partition coefficient (Wildman–Crippen LogP) is 2.30. The number of rotatable bonds is 2. The molecule has 1 aromatic carbocycles. The Morgan fingerprint density at radius 2 is 1.56 bits per heavy atom. The molecule has 3 heterocycles. The molecule has 4 rings (SSSR count). The highest BCUT2D eigenvalue weighted by Crippen LogP contribution is 2.44. The van der Waals surface area contributed by atoms with E-state index in [9.17, 15) is 13.6 Å². The van der Waals surface area contributed by atoms with Gasteiger partial charge in [-0.3, -0.25) is 4.79 Å². The van der Waals surface area contributed by atoms with Crippen LogP contribution >= 0.6 is 0 Å². The summed E-state index contributed by atoms with van der Waals surface area (Å²) in [6, 6.07) is 3.08. The fourth-order valence-electron chi connectivity index (χ4n) is 3.61. The summed E-state index contributed by atoms with van der Waals surface area (Å²) in [6.45, 7) is 6.93. The van der Waals surface area contributed by atoms with Crippen LogP contribution in [0.25, 0.3) is 0 Å². The molecule has 0 spiro atoms. The molecule has 27 heavy (non-hydrogen) atoms. The first-order valence-corrected chi connectivity index (χ1v) is 8.67. The summed E-state index contributed by atoms with van der Waals surface area (Å²) in [4.78, 5) is 12.8. The van der Waals surface area contributed by atoms with Crippen molar-refractivity contribution in [2.24, 2.45) is 0 Å². The van der Waals surface area contributed by atoms with Gasteiger partial charge in [0, 0.05) is 11.8 Å². The lowest BCUT2D eigenvalue weighted by molar-refractivity contribution is -0.229. The average molecular weight is 385 g/mol. The maximum Gasteiger partial charge on any atom is 0.256 e. The highest BCUT2D eigenvalue weighted by atomic mass is 19.2. The minimum Gasteiger partial charge on any atom is -0.342 e. The highest BCUT2D eigenvalue weighted by molar-refractivity contribution is 5.94. The second kappa shape index (κ2) is 6.18. The first-order chi connectivity index (χ1) is 12.5. The molecule has 3 saturated heterocycles. The molecule has 0 aliphatic carbocycles. The fourth-order valence-corrected chi connectivity index (χ4v) is 3.61. The summed E-state index contributed by atoms with van der Waals surface area (Å²) < 4.78 is 55.7. The van der Waals surface area contributed by atoms with E-state index in [1.54, 1.807) is 27.7 Å². The van der Waals surface area contributed by atoms with Crippen molar-refractivity contribution in [2.75, 3.05) is 5.32 Å². The van der Waals surface area contributed by atoms with Crippen molar-refractivity contribution in [3.05, 3.63) is 29.8 Å². The average Bonchev–Trinajstić information content (AvgIpc) is 3.04. The maximum absolute atomic E-state index is 13.4. The number of carbonyl (C=O) groups is 1. The Morgan fingerprint density at radius 3 is 2.26 bits per heavy atom. The van der Waals surface area contributed by atoms with Gasteiger partial charge in [0.1, 0.15) is 18.3 Å². The van der Waals surface area contributed by atoms with Gasteiger partial charge in [-0.1, -0.05) is 0 Å².